The van der Waals surface area contributed by atoms with E-state index in [1.165, 1.54) is 0 Å². The highest BCUT2D eigenvalue weighted by Gasteiger charge is 2.22. The minimum atomic E-state index is 0.259. The molecule has 7 heteroatoms. The third kappa shape index (κ3) is 3.97. The van der Waals surface area contributed by atoms with E-state index in [4.69, 9.17) is 4.74 Å². The molecule has 0 spiro atoms. The average Bonchev–Trinajstić information content (AvgIpc) is 2.89. The van der Waals surface area contributed by atoms with Gasteiger partial charge in [0, 0.05) is 57.0 Å². The van der Waals surface area contributed by atoms with Crippen LogP contribution in [-0.2, 0) is 0 Å². The molecule has 0 aromatic carbocycles. The Morgan fingerprint density at radius 3 is 2.83 bits per heavy atom. The zero-order chi connectivity index (χ0) is 16.8. The summed E-state index contributed by atoms with van der Waals surface area (Å²) >= 11 is 0. The minimum absolute atomic E-state index is 0.259. The number of rotatable bonds is 5. The van der Waals surface area contributed by atoms with E-state index in [2.05, 4.69) is 36.7 Å². The monoisotopic (exact) mass is 328 g/mol. The van der Waals surface area contributed by atoms with Crippen LogP contribution >= 0.6 is 0 Å². The Bertz CT molecular complexity index is 638. The quantitative estimate of drug-likeness (QED) is 0.831. The van der Waals surface area contributed by atoms with E-state index in [9.17, 15) is 0 Å². The van der Waals surface area contributed by atoms with Crippen LogP contribution in [0, 0.1) is 0 Å². The lowest BCUT2D eigenvalue weighted by Gasteiger charge is -2.27. The molecule has 1 aliphatic rings. The summed E-state index contributed by atoms with van der Waals surface area (Å²) in [6, 6.07) is 2.06. The predicted octanol–water partition coefficient (Wildman–Crippen LogP) is 1.94. The number of hydrogen-bond acceptors (Lipinski definition) is 7. The van der Waals surface area contributed by atoms with Gasteiger partial charge < -0.3 is 9.64 Å². The molecule has 0 amide bonds. The molecule has 0 radical (unpaired) electrons. The van der Waals surface area contributed by atoms with Crippen LogP contribution < -0.4 is 9.64 Å². The maximum Gasteiger partial charge on any atom is 0.228 e. The fourth-order valence-electron chi connectivity index (χ4n) is 2.95. The molecular weight excluding hydrogens is 304 g/mol. The molecule has 3 rings (SSSR count). The predicted molar refractivity (Wildman–Crippen MR) is 92.1 cm³/mol. The largest absolute Gasteiger partial charge is 0.478 e. The lowest BCUT2D eigenvalue weighted by atomic mass is 10.2. The average molecular weight is 328 g/mol. The summed E-state index contributed by atoms with van der Waals surface area (Å²) in [7, 11) is 0. The molecule has 1 aliphatic heterocycles. The SMILES string of the molecule is CCOc1ccnc(N2CCCN(C(C)c3cnccn3)CC2)n1. The van der Waals surface area contributed by atoms with Gasteiger partial charge in [-0.2, -0.15) is 4.98 Å². The Morgan fingerprint density at radius 1 is 1.12 bits per heavy atom. The number of hydrogen-bond donors (Lipinski definition) is 0. The van der Waals surface area contributed by atoms with Crippen LogP contribution in [-0.4, -0.2) is 57.6 Å². The topological polar surface area (TPSA) is 67.3 Å². The summed E-state index contributed by atoms with van der Waals surface area (Å²) in [6.07, 6.45) is 8.14. The Balaban J connectivity index is 1.66. The van der Waals surface area contributed by atoms with E-state index < -0.39 is 0 Å². The van der Waals surface area contributed by atoms with E-state index in [1.54, 1.807) is 24.7 Å². The van der Waals surface area contributed by atoms with Crippen LogP contribution in [0.5, 0.6) is 5.88 Å². The second kappa shape index (κ2) is 8.01. The molecule has 1 unspecified atom stereocenters. The highest BCUT2D eigenvalue weighted by molar-refractivity contribution is 5.32. The van der Waals surface area contributed by atoms with Gasteiger partial charge >= 0.3 is 0 Å². The lowest BCUT2D eigenvalue weighted by molar-refractivity contribution is 0.222. The van der Waals surface area contributed by atoms with Crippen LogP contribution in [0.2, 0.25) is 0 Å². The zero-order valence-electron chi connectivity index (χ0n) is 14.3. The fourth-order valence-corrected chi connectivity index (χ4v) is 2.95. The van der Waals surface area contributed by atoms with Crippen molar-refractivity contribution >= 4 is 5.95 Å². The Labute approximate surface area is 142 Å². The molecule has 128 valence electrons. The summed E-state index contributed by atoms with van der Waals surface area (Å²) in [4.78, 5) is 22.2. The first kappa shape index (κ1) is 16.6. The van der Waals surface area contributed by atoms with Gasteiger partial charge in [0.1, 0.15) is 0 Å². The molecule has 2 aromatic rings. The molecule has 0 bridgehead atoms. The van der Waals surface area contributed by atoms with Gasteiger partial charge in [0.05, 0.1) is 18.3 Å². The van der Waals surface area contributed by atoms with Crippen LogP contribution in [0.1, 0.15) is 32.0 Å². The van der Waals surface area contributed by atoms with Crippen molar-refractivity contribution in [3.05, 3.63) is 36.5 Å². The standard InChI is InChI=1S/C17H24N6O/c1-3-24-16-5-6-20-17(21-16)23-10-4-9-22(11-12-23)14(2)15-13-18-7-8-19-15/h5-8,13-14H,3-4,9-12H2,1-2H3. The third-order valence-electron chi connectivity index (χ3n) is 4.28. The molecule has 1 fully saturated rings. The van der Waals surface area contributed by atoms with Gasteiger partial charge in [-0.15, -0.1) is 0 Å². The molecule has 24 heavy (non-hydrogen) atoms. The zero-order valence-corrected chi connectivity index (χ0v) is 14.3. The van der Waals surface area contributed by atoms with Crippen molar-refractivity contribution in [3.8, 4) is 5.88 Å². The minimum Gasteiger partial charge on any atom is -0.478 e. The van der Waals surface area contributed by atoms with Crippen molar-refractivity contribution in [3.63, 3.8) is 0 Å². The van der Waals surface area contributed by atoms with Crippen molar-refractivity contribution in [2.75, 3.05) is 37.7 Å². The van der Waals surface area contributed by atoms with E-state index >= 15 is 0 Å². The summed E-state index contributed by atoms with van der Waals surface area (Å²) in [5.74, 6) is 1.38. The summed E-state index contributed by atoms with van der Waals surface area (Å²) < 4.78 is 5.48. The molecule has 0 saturated carbocycles. The molecule has 3 heterocycles. The van der Waals surface area contributed by atoms with Gasteiger partial charge in [0.25, 0.3) is 0 Å². The summed E-state index contributed by atoms with van der Waals surface area (Å²) in [5.41, 5.74) is 1.01. The first-order valence-electron chi connectivity index (χ1n) is 8.48. The number of ether oxygens (including phenoxy) is 1. The summed E-state index contributed by atoms with van der Waals surface area (Å²) in [6.45, 7) is 8.56. The Kier molecular flexibility index (Phi) is 5.53. The molecule has 0 aliphatic carbocycles. The Hall–Kier alpha value is -2.28. The maximum atomic E-state index is 5.48. The number of nitrogens with zero attached hydrogens (tertiary/aromatic N) is 6. The van der Waals surface area contributed by atoms with Crippen molar-refractivity contribution in [1.82, 2.24) is 24.8 Å². The number of aromatic nitrogens is 4. The Morgan fingerprint density at radius 2 is 2.04 bits per heavy atom. The summed E-state index contributed by atoms with van der Waals surface area (Å²) in [5, 5.41) is 0. The van der Waals surface area contributed by atoms with E-state index in [0.717, 1.165) is 44.2 Å². The third-order valence-corrected chi connectivity index (χ3v) is 4.28. The first-order chi connectivity index (χ1) is 11.8. The molecule has 7 nitrogen and oxygen atoms in total. The van der Waals surface area contributed by atoms with E-state index in [1.807, 2.05) is 13.1 Å². The van der Waals surface area contributed by atoms with Crippen LogP contribution in [0.25, 0.3) is 0 Å². The van der Waals surface area contributed by atoms with Gasteiger partial charge in [-0.05, 0) is 20.3 Å². The van der Waals surface area contributed by atoms with E-state index in [0.29, 0.717) is 12.5 Å². The van der Waals surface area contributed by atoms with Crippen LogP contribution in [0.15, 0.2) is 30.9 Å². The molecule has 0 N–H and O–H groups in total. The second-order valence-corrected chi connectivity index (χ2v) is 5.81. The van der Waals surface area contributed by atoms with Crippen molar-refractivity contribution < 1.29 is 4.74 Å². The van der Waals surface area contributed by atoms with Crippen molar-refractivity contribution in [2.45, 2.75) is 26.3 Å². The highest BCUT2D eigenvalue weighted by Crippen LogP contribution is 2.21. The highest BCUT2D eigenvalue weighted by atomic mass is 16.5. The maximum absolute atomic E-state index is 5.48. The van der Waals surface area contributed by atoms with Gasteiger partial charge in [0.15, 0.2) is 0 Å². The first-order valence-corrected chi connectivity index (χ1v) is 8.48. The normalized spacial score (nSPS) is 17.3. The van der Waals surface area contributed by atoms with Crippen LogP contribution in [0.3, 0.4) is 0 Å². The number of anilines is 1. The van der Waals surface area contributed by atoms with E-state index in [-0.39, 0.29) is 6.04 Å². The van der Waals surface area contributed by atoms with Gasteiger partial charge in [-0.1, -0.05) is 0 Å². The van der Waals surface area contributed by atoms with Crippen molar-refractivity contribution in [2.24, 2.45) is 0 Å². The molecular formula is C17H24N6O. The van der Waals surface area contributed by atoms with Gasteiger partial charge in [-0.25, -0.2) is 4.98 Å². The molecule has 1 saturated heterocycles. The van der Waals surface area contributed by atoms with Gasteiger partial charge in [-0.3, -0.25) is 14.9 Å². The lowest BCUT2D eigenvalue weighted by Crippen LogP contribution is -2.33. The second-order valence-electron chi connectivity index (χ2n) is 5.81. The van der Waals surface area contributed by atoms with Gasteiger partial charge in [0.2, 0.25) is 11.8 Å². The fraction of sp³-hybridized carbons (Fsp3) is 0.529. The molecule has 2 aromatic heterocycles. The van der Waals surface area contributed by atoms with Crippen LogP contribution in [0.4, 0.5) is 5.95 Å². The van der Waals surface area contributed by atoms with Crippen molar-refractivity contribution in [1.29, 1.82) is 0 Å². The molecule has 1 atom stereocenters. The smallest absolute Gasteiger partial charge is 0.228 e.